The van der Waals surface area contributed by atoms with E-state index in [-0.39, 0.29) is 18.1 Å². The van der Waals surface area contributed by atoms with Crippen molar-refractivity contribution in [1.82, 2.24) is 5.32 Å². The van der Waals surface area contributed by atoms with Crippen LogP contribution in [0.2, 0.25) is 0 Å². The summed E-state index contributed by atoms with van der Waals surface area (Å²) in [6, 6.07) is 8.75. The van der Waals surface area contributed by atoms with E-state index in [0.717, 1.165) is 15.6 Å². The van der Waals surface area contributed by atoms with E-state index >= 15 is 0 Å². The number of carbonyl (C=O) groups is 1. The maximum absolute atomic E-state index is 12.2. The molecule has 0 fully saturated rings. The number of ether oxygens (including phenoxy) is 3. The number of rotatable bonds is 8. The number of phenolic OH excluding ortho intramolecular Hbond substituents is 1. The maximum Gasteiger partial charge on any atom is 0.224 e. The summed E-state index contributed by atoms with van der Waals surface area (Å²) < 4.78 is 16.3. The van der Waals surface area contributed by atoms with Gasteiger partial charge in [-0.15, -0.1) is 0 Å². The molecular formula is C19H22BrNO5. The van der Waals surface area contributed by atoms with Crippen LogP contribution in [0, 0.1) is 0 Å². The van der Waals surface area contributed by atoms with Crippen molar-refractivity contribution in [3.05, 3.63) is 45.9 Å². The van der Waals surface area contributed by atoms with Crippen molar-refractivity contribution in [3.63, 3.8) is 0 Å². The molecule has 26 heavy (non-hydrogen) atoms. The Morgan fingerprint density at radius 2 is 1.69 bits per heavy atom. The molecule has 0 atom stereocenters. The first kappa shape index (κ1) is 19.9. The number of methoxy groups -OCH3 is 3. The number of benzene rings is 2. The minimum Gasteiger partial charge on any atom is -0.504 e. The molecule has 6 nitrogen and oxygen atoms in total. The fourth-order valence-corrected chi connectivity index (χ4v) is 2.97. The van der Waals surface area contributed by atoms with E-state index in [1.54, 1.807) is 38.5 Å². The average Bonchev–Trinajstić information content (AvgIpc) is 2.63. The lowest BCUT2D eigenvalue weighted by Crippen LogP contribution is -2.27. The largest absolute Gasteiger partial charge is 0.504 e. The van der Waals surface area contributed by atoms with E-state index in [9.17, 15) is 9.90 Å². The number of halogens is 1. The van der Waals surface area contributed by atoms with Crippen LogP contribution in [-0.2, 0) is 17.6 Å². The van der Waals surface area contributed by atoms with Crippen LogP contribution >= 0.6 is 15.9 Å². The maximum atomic E-state index is 12.2. The van der Waals surface area contributed by atoms with Gasteiger partial charge in [0.2, 0.25) is 5.91 Å². The molecule has 0 saturated carbocycles. The highest BCUT2D eigenvalue weighted by Crippen LogP contribution is 2.33. The Morgan fingerprint density at radius 3 is 2.31 bits per heavy atom. The fraction of sp³-hybridized carbons (Fsp3) is 0.316. The lowest BCUT2D eigenvalue weighted by molar-refractivity contribution is -0.120. The molecule has 0 unspecified atom stereocenters. The third-order valence-electron chi connectivity index (χ3n) is 3.88. The summed E-state index contributed by atoms with van der Waals surface area (Å²) in [6.45, 7) is 0.468. The molecule has 140 valence electrons. The Balaban J connectivity index is 1.92. The average molecular weight is 424 g/mol. The van der Waals surface area contributed by atoms with Crippen molar-refractivity contribution in [2.45, 2.75) is 12.8 Å². The molecule has 0 radical (unpaired) electrons. The minimum atomic E-state index is -0.101. The van der Waals surface area contributed by atoms with Crippen molar-refractivity contribution in [2.75, 3.05) is 27.9 Å². The van der Waals surface area contributed by atoms with Gasteiger partial charge >= 0.3 is 0 Å². The first-order valence-electron chi connectivity index (χ1n) is 8.01. The van der Waals surface area contributed by atoms with Gasteiger partial charge in [-0.25, -0.2) is 0 Å². The molecule has 1 amide bonds. The molecule has 0 saturated heterocycles. The lowest BCUT2D eigenvalue weighted by Gasteiger charge is -2.12. The highest BCUT2D eigenvalue weighted by Gasteiger charge is 2.12. The van der Waals surface area contributed by atoms with Gasteiger partial charge in [0.05, 0.1) is 27.8 Å². The van der Waals surface area contributed by atoms with Gasteiger partial charge in [0.25, 0.3) is 0 Å². The highest BCUT2D eigenvalue weighted by atomic mass is 79.9. The molecule has 0 aromatic heterocycles. The van der Waals surface area contributed by atoms with Crippen LogP contribution in [0.1, 0.15) is 11.1 Å². The zero-order chi connectivity index (χ0) is 19.1. The fourth-order valence-electron chi connectivity index (χ4n) is 2.50. The van der Waals surface area contributed by atoms with Crippen LogP contribution < -0.4 is 19.5 Å². The lowest BCUT2D eigenvalue weighted by atomic mass is 10.1. The van der Waals surface area contributed by atoms with Crippen LogP contribution in [0.3, 0.4) is 0 Å². The van der Waals surface area contributed by atoms with Crippen LogP contribution in [0.25, 0.3) is 0 Å². The van der Waals surface area contributed by atoms with Crippen LogP contribution in [0.4, 0.5) is 0 Å². The summed E-state index contributed by atoms with van der Waals surface area (Å²) in [4.78, 5) is 12.2. The molecule has 2 aromatic rings. The Labute approximate surface area is 161 Å². The molecule has 0 aliphatic carbocycles. The number of hydrogen-bond donors (Lipinski definition) is 2. The third kappa shape index (κ3) is 5.05. The predicted octanol–water partition coefficient (Wildman–Crippen LogP) is 3.08. The quantitative estimate of drug-likeness (QED) is 0.681. The summed E-state index contributed by atoms with van der Waals surface area (Å²) in [5.74, 6) is 1.59. The zero-order valence-corrected chi connectivity index (χ0v) is 16.6. The standard InChI is InChI=1S/C19H22BrNO5/c1-24-16-5-4-12(8-15(16)22)6-7-21-19(23)10-13-9-17(25-2)18(26-3)11-14(13)20/h4-5,8-9,11,22H,6-7,10H2,1-3H3,(H,21,23). The number of phenols is 1. The molecule has 7 heteroatoms. The molecule has 2 N–H and O–H groups in total. The smallest absolute Gasteiger partial charge is 0.224 e. The van der Waals surface area contributed by atoms with Gasteiger partial charge < -0.3 is 24.6 Å². The SMILES string of the molecule is COc1ccc(CCNC(=O)Cc2cc(OC)c(OC)cc2Br)cc1O. The van der Waals surface area contributed by atoms with E-state index < -0.39 is 0 Å². The molecule has 2 aromatic carbocycles. The van der Waals surface area contributed by atoms with Gasteiger partial charge in [0.15, 0.2) is 23.0 Å². The van der Waals surface area contributed by atoms with Gasteiger partial charge in [0.1, 0.15) is 0 Å². The van der Waals surface area contributed by atoms with Gasteiger partial charge in [-0.3, -0.25) is 4.79 Å². The second kappa shape index (κ2) is 9.33. The zero-order valence-electron chi connectivity index (χ0n) is 15.0. The third-order valence-corrected chi connectivity index (χ3v) is 4.62. The second-order valence-corrected chi connectivity index (χ2v) is 6.44. The first-order chi connectivity index (χ1) is 12.5. The molecule has 0 spiro atoms. The first-order valence-corrected chi connectivity index (χ1v) is 8.80. The summed E-state index contributed by atoms with van der Waals surface area (Å²) >= 11 is 3.45. The summed E-state index contributed by atoms with van der Waals surface area (Å²) in [7, 11) is 4.62. The summed E-state index contributed by atoms with van der Waals surface area (Å²) in [6.07, 6.45) is 0.825. The number of carbonyl (C=O) groups excluding carboxylic acids is 1. The Hall–Kier alpha value is -2.41. The summed E-state index contributed by atoms with van der Waals surface area (Å²) in [5, 5.41) is 12.7. The minimum absolute atomic E-state index is 0.0885. The van der Waals surface area contributed by atoms with E-state index in [1.165, 1.54) is 7.11 Å². The van der Waals surface area contributed by atoms with Crippen LogP contribution in [0.15, 0.2) is 34.8 Å². The molecule has 0 heterocycles. The van der Waals surface area contributed by atoms with Gasteiger partial charge in [-0.1, -0.05) is 22.0 Å². The molecule has 0 bridgehead atoms. The van der Waals surface area contributed by atoms with Crippen LogP contribution in [0.5, 0.6) is 23.0 Å². The Morgan fingerprint density at radius 1 is 1.04 bits per heavy atom. The van der Waals surface area contributed by atoms with Crippen molar-refractivity contribution < 1.29 is 24.1 Å². The normalized spacial score (nSPS) is 10.3. The van der Waals surface area contributed by atoms with Crippen molar-refractivity contribution >= 4 is 21.8 Å². The molecule has 0 aliphatic heterocycles. The highest BCUT2D eigenvalue weighted by molar-refractivity contribution is 9.10. The van der Waals surface area contributed by atoms with Gasteiger partial charge in [-0.2, -0.15) is 0 Å². The number of hydrogen-bond acceptors (Lipinski definition) is 5. The molecule has 0 aliphatic rings. The topological polar surface area (TPSA) is 77.0 Å². The number of amides is 1. The van der Waals surface area contributed by atoms with E-state index in [4.69, 9.17) is 14.2 Å². The Kier molecular flexibility index (Phi) is 7.15. The van der Waals surface area contributed by atoms with Gasteiger partial charge in [0, 0.05) is 11.0 Å². The summed E-state index contributed by atoms with van der Waals surface area (Å²) in [5.41, 5.74) is 1.72. The molecule has 2 rings (SSSR count). The van der Waals surface area contributed by atoms with E-state index in [0.29, 0.717) is 30.2 Å². The van der Waals surface area contributed by atoms with Crippen molar-refractivity contribution in [2.24, 2.45) is 0 Å². The van der Waals surface area contributed by atoms with Gasteiger partial charge in [-0.05, 0) is 41.8 Å². The number of nitrogens with one attached hydrogen (secondary N) is 1. The van der Waals surface area contributed by atoms with E-state index in [1.807, 2.05) is 6.07 Å². The Bertz CT molecular complexity index is 779. The second-order valence-electron chi connectivity index (χ2n) is 5.58. The van der Waals surface area contributed by atoms with Crippen LogP contribution in [-0.4, -0.2) is 38.9 Å². The number of aromatic hydroxyl groups is 1. The molecular weight excluding hydrogens is 402 g/mol. The van der Waals surface area contributed by atoms with E-state index in [2.05, 4.69) is 21.2 Å². The monoisotopic (exact) mass is 423 g/mol. The predicted molar refractivity (Wildman–Crippen MR) is 102 cm³/mol. The van der Waals surface area contributed by atoms with Crippen molar-refractivity contribution in [3.8, 4) is 23.0 Å². The van der Waals surface area contributed by atoms with Crippen molar-refractivity contribution in [1.29, 1.82) is 0 Å².